The quantitative estimate of drug-likeness (QED) is 0.581. The maximum absolute atomic E-state index is 6.24. The van der Waals surface area contributed by atoms with Crippen molar-refractivity contribution in [1.29, 1.82) is 0 Å². The summed E-state index contributed by atoms with van der Waals surface area (Å²) in [6, 6.07) is 16.4. The number of rotatable bonds is 3. The minimum Gasteiger partial charge on any atom is -0.351 e. The van der Waals surface area contributed by atoms with Crippen molar-refractivity contribution in [3.05, 3.63) is 80.8 Å². The smallest absolute Gasteiger partial charge is 0.174 e. The Morgan fingerprint density at radius 3 is 2.62 bits per heavy atom. The highest BCUT2D eigenvalue weighted by molar-refractivity contribution is 7.80. The number of thiocarbonyl (C=S) groups is 1. The van der Waals surface area contributed by atoms with Crippen molar-refractivity contribution in [3.63, 3.8) is 0 Å². The van der Waals surface area contributed by atoms with Gasteiger partial charge >= 0.3 is 0 Å². The van der Waals surface area contributed by atoms with Gasteiger partial charge < -0.3 is 10.2 Å². The van der Waals surface area contributed by atoms with Crippen molar-refractivity contribution in [3.8, 4) is 0 Å². The Balaban J connectivity index is 1.83. The van der Waals surface area contributed by atoms with Crippen LogP contribution in [-0.2, 0) is 0 Å². The zero-order valence-corrected chi connectivity index (χ0v) is 16.8. The Labute approximate surface area is 167 Å². The van der Waals surface area contributed by atoms with Crippen LogP contribution in [0.5, 0.6) is 0 Å². The van der Waals surface area contributed by atoms with Crippen LogP contribution in [0.15, 0.2) is 54.7 Å². The normalized spacial score (nSPS) is 19.7. The number of anilines is 1. The highest BCUT2D eigenvalue weighted by Gasteiger charge is 2.41. The lowest BCUT2D eigenvalue weighted by atomic mass is 10.0. The first kappa shape index (κ1) is 17.5. The Hall–Kier alpha value is -1.95. The molecule has 0 amide bonds. The first-order chi connectivity index (χ1) is 12.5. The minimum absolute atomic E-state index is 0.0111. The van der Waals surface area contributed by atoms with Crippen molar-refractivity contribution in [2.45, 2.75) is 25.9 Å². The summed E-state index contributed by atoms with van der Waals surface area (Å²) < 4.78 is 0.776. The van der Waals surface area contributed by atoms with Crippen LogP contribution < -0.4 is 10.2 Å². The molecule has 0 aliphatic carbocycles. The number of nitrogens with zero attached hydrogens (tertiary/aromatic N) is 2. The van der Waals surface area contributed by atoms with E-state index >= 15 is 0 Å². The fourth-order valence-electron chi connectivity index (χ4n) is 3.28. The zero-order valence-electron chi connectivity index (χ0n) is 14.4. The predicted molar refractivity (Wildman–Crippen MR) is 113 cm³/mol. The number of aryl methyl sites for hydroxylation is 2. The Bertz CT molecular complexity index is 955. The summed E-state index contributed by atoms with van der Waals surface area (Å²) in [6.07, 6.45) is 1.82. The summed E-state index contributed by atoms with van der Waals surface area (Å²) in [5.41, 5.74) is 4.56. The van der Waals surface area contributed by atoms with Crippen LogP contribution in [0.2, 0.25) is 4.34 Å². The van der Waals surface area contributed by atoms with E-state index < -0.39 is 0 Å². The lowest BCUT2D eigenvalue weighted by Crippen LogP contribution is -2.29. The summed E-state index contributed by atoms with van der Waals surface area (Å²) in [7, 11) is 0. The number of thiophene rings is 1. The van der Waals surface area contributed by atoms with E-state index in [1.807, 2.05) is 30.5 Å². The van der Waals surface area contributed by atoms with Gasteiger partial charge in [0.05, 0.1) is 22.1 Å². The molecule has 0 spiro atoms. The molecule has 1 saturated heterocycles. The van der Waals surface area contributed by atoms with E-state index in [-0.39, 0.29) is 12.1 Å². The van der Waals surface area contributed by atoms with Crippen LogP contribution in [0, 0.1) is 13.8 Å². The minimum atomic E-state index is -0.0278. The Morgan fingerprint density at radius 1 is 1.12 bits per heavy atom. The van der Waals surface area contributed by atoms with Crippen LogP contribution in [0.1, 0.15) is 33.8 Å². The van der Waals surface area contributed by atoms with Gasteiger partial charge in [0.15, 0.2) is 5.11 Å². The van der Waals surface area contributed by atoms with Crippen molar-refractivity contribution in [1.82, 2.24) is 10.3 Å². The number of halogens is 1. The summed E-state index contributed by atoms with van der Waals surface area (Å²) in [4.78, 5) is 7.91. The van der Waals surface area contributed by atoms with Crippen LogP contribution >= 0.6 is 35.2 Å². The molecule has 2 aromatic heterocycles. The highest BCUT2D eigenvalue weighted by atomic mass is 35.5. The second-order valence-corrected chi connectivity index (χ2v) is 8.54. The van der Waals surface area contributed by atoms with E-state index in [1.165, 1.54) is 11.1 Å². The standard InChI is InChI=1S/C20H18ClN3S2/c1-12-6-7-14(11-13(12)2)24-19(16-8-9-17(21)26-16)18(23-20(24)25)15-5-3-4-10-22-15/h3-11,18-19H,1-2H3,(H,23,25)/t18-,19+/m1/s1. The average Bonchev–Trinajstić information content (AvgIpc) is 3.21. The first-order valence-corrected chi connectivity index (χ1v) is 9.98. The predicted octanol–water partition coefficient (Wildman–Crippen LogP) is 5.59. The van der Waals surface area contributed by atoms with Gasteiger partial charge in [-0.2, -0.15) is 0 Å². The molecule has 6 heteroatoms. The maximum Gasteiger partial charge on any atom is 0.174 e. The molecule has 0 bridgehead atoms. The van der Waals surface area contributed by atoms with Gasteiger partial charge in [-0.25, -0.2) is 0 Å². The molecule has 0 saturated carbocycles. The molecular weight excluding hydrogens is 382 g/mol. The van der Waals surface area contributed by atoms with E-state index in [0.717, 1.165) is 20.6 Å². The maximum atomic E-state index is 6.24. The summed E-state index contributed by atoms with van der Waals surface area (Å²) in [6.45, 7) is 4.24. The van der Waals surface area contributed by atoms with Gasteiger partial charge in [0.2, 0.25) is 0 Å². The third-order valence-corrected chi connectivity index (χ3v) is 6.37. The lowest BCUT2D eigenvalue weighted by molar-refractivity contribution is 0.575. The van der Waals surface area contributed by atoms with E-state index in [1.54, 1.807) is 11.3 Å². The van der Waals surface area contributed by atoms with E-state index in [2.05, 4.69) is 53.3 Å². The molecule has 2 atom stereocenters. The van der Waals surface area contributed by atoms with Gasteiger partial charge in [0.25, 0.3) is 0 Å². The van der Waals surface area contributed by atoms with E-state index in [0.29, 0.717) is 5.11 Å². The number of aromatic nitrogens is 1. The lowest BCUT2D eigenvalue weighted by Gasteiger charge is -2.27. The van der Waals surface area contributed by atoms with Crippen LogP contribution in [0.25, 0.3) is 0 Å². The third-order valence-electron chi connectivity index (χ3n) is 4.75. The molecule has 4 rings (SSSR count). The Kier molecular flexibility index (Phi) is 4.69. The molecule has 1 aromatic carbocycles. The first-order valence-electron chi connectivity index (χ1n) is 8.38. The summed E-state index contributed by atoms with van der Waals surface area (Å²) in [5.74, 6) is 0. The zero-order chi connectivity index (χ0) is 18.3. The molecule has 0 unspecified atom stereocenters. The van der Waals surface area contributed by atoms with E-state index in [9.17, 15) is 0 Å². The number of hydrogen-bond acceptors (Lipinski definition) is 3. The second kappa shape index (κ2) is 6.99. The van der Waals surface area contributed by atoms with Gasteiger partial charge in [0.1, 0.15) is 0 Å². The molecule has 132 valence electrons. The van der Waals surface area contributed by atoms with Crippen molar-refractivity contribution in [2.24, 2.45) is 0 Å². The van der Waals surface area contributed by atoms with Gasteiger partial charge in [0, 0.05) is 16.8 Å². The molecule has 1 aliphatic rings. The largest absolute Gasteiger partial charge is 0.351 e. The molecule has 1 N–H and O–H groups in total. The topological polar surface area (TPSA) is 28.2 Å². The Morgan fingerprint density at radius 2 is 1.96 bits per heavy atom. The number of benzene rings is 1. The van der Waals surface area contributed by atoms with Crippen molar-refractivity contribution in [2.75, 3.05) is 4.90 Å². The summed E-state index contributed by atoms with van der Waals surface area (Å²) in [5, 5.41) is 4.18. The third kappa shape index (κ3) is 3.11. The number of hydrogen-bond donors (Lipinski definition) is 1. The van der Waals surface area contributed by atoms with Gasteiger partial charge in [-0.15, -0.1) is 11.3 Å². The molecular formula is C20H18ClN3S2. The number of pyridine rings is 1. The molecule has 3 aromatic rings. The molecule has 26 heavy (non-hydrogen) atoms. The van der Waals surface area contributed by atoms with Crippen molar-refractivity contribution >= 4 is 46.0 Å². The van der Waals surface area contributed by atoms with E-state index in [4.69, 9.17) is 23.8 Å². The van der Waals surface area contributed by atoms with Gasteiger partial charge in [-0.3, -0.25) is 4.98 Å². The van der Waals surface area contributed by atoms with Crippen LogP contribution in [0.4, 0.5) is 5.69 Å². The molecule has 1 fully saturated rings. The molecule has 3 heterocycles. The average molecular weight is 400 g/mol. The SMILES string of the molecule is Cc1ccc(N2C(=S)N[C@H](c3ccccn3)[C@@H]2c2ccc(Cl)s2)cc1C. The second-order valence-electron chi connectivity index (χ2n) is 6.41. The summed E-state index contributed by atoms with van der Waals surface area (Å²) >= 11 is 13.5. The molecule has 1 aliphatic heterocycles. The van der Waals surface area contributed by atoms with Crippen LogP contribution in [-0.4, -0.2) is 10.1 Å². The number of nitrogens with one attached hydrogen (secondary N) is 1. The monoisotopic (exact) mass is 399 g/mol. The fourth-order valence-corrected chi connectivity index (χ4v) is 4.82. The van der Waals surface area contributed by atoms with Crippen molar-refractivity contribution < 1.29 is 0 Å². The van der Waals surface area contributed by atoms with Gasteiger partial charge in [-0.05, 0) is 73.6 Å². The molecule has 0 radical (unpaired) electrons. The fraction of sp³-hybridized carbons (Fsp3) is 0.200. The highest BCUT2D eigenvalue weighted by Crippen LogP contribution is 2.44. The van der Waals surface area contributed by atoms with Gasteiger partial charge in [-0.1, -0.05) is 23.7 Å². The molecule has 3 nitrogen and oxygen atoms in total. The van der Waals surface area contributed by atoms with Crippen LogP contribution in [0.3, 0.4) is 0 Å².